The Labute approximate surface area is 130 Å². The van der Waals surface area contributed by atoms with Crippen molar-refractivity contribution in [3.63, 3.8) is 0 Å². The van der Waals surface area contributed by atoms with E-state index in [1.54, 1.807) is 11.2 Å². The number of aliphatic hydroxyl groups is 3. The molecular formula is C12H17N7O4. The van der Waals surface area contributed by atoms with E-state index in [9.17, 15) is 10.2 Å². The predicted molar refractivity (Wildman–Crippen MR) is 78.0 cm³/mol. The number of aromatic nitrogens is 5. The van der Waals surface area contributed by atoms with E-state index in [1.807, 2.05) is 14.1 Å². The summed E-state index contributed by atoms with van der Waals surface area (Å²) in [6.45, 7) is -0.422. The minimum absolute atomic E-state index is 0.306. The highest BCUT2D eigenvalue weighted by Gasteiger charge is 2.44. The Morgan fingerprint density at radius 3 is 2.78 bits per heavy atom. The second kappa shape index (κ2) is 6.12. The molecule has 0 bridgehead atoms. The lowest BCUT2D eigenvalue weighted by Crippen LogP contribution is -2.33. The van der Waals surface area contributed by atoms with Crippen LogP contribution in [0.25, 0.3) is 11.2 Å². The van der Waals surface area contributed by atoms with Crippen LogP contribution in [0.2, 0.25) is 0 Å². The Balaban J connectivity index is 1.99. The molecule has 1 aliphatic heterocycles. The molecule has 2 aromatic heterocycles. The monoisotopic (exact) mass is 323 g/mol. The van der Waals surface area contributed by atoms with Crippen molar-refractivity contribution in [2.45, 2.75) is 24.5 Å². The summed E-state index contributed by atoms with van der Waals surface area (Å²) in [4.78, 5) is 14.0. The van der Waals surface area contributed by atoms with Crippen molar-refractivity contribution >= 4 is 23.3 Å². The van der Waals surface area contributed by atoms with Gasteiger partial charge in [-0.25, -0.2) is 15.0 Å². The number of nitrogens with zero attached hydrogens (tertiary/aromatic N) is 7. The molecule has 4 atom stereocenters. The molecule has 3 heterocycles. The second-order valence-electron chi connectivity index (χ2n) is 5.34. The number of ether oxygens (including phenoxy) is 1. The number of hydrogen-bond donors (Lipinski definition) is 3. The van der Waals surface area contributed by atoms with Crippen molar-refractivity contribution in [1.82, 2.24) is 29.9 Å². The molecule has 2 aromatic rings. The molecule has 3 N–H and O–H groups in total. The quantitative estimate of drug-likeness (QED) is 0.432. The van der Waals surface area contributed by atoms with Gasteiger partial charge in [-0.3, -0.25) is 0 Å². The standard InChI is InChI=1S/C12H17N7O4/c1-18(2)5-15-10-7-11(14-4-13-10)19(17-16-7)12-9(22)8(21)6(3-20)23-12/h4-6,8-9,12,20-22H,3H2,1-2H3/b15-5+/t6-,8-,9-,12-/m1/s1. The van der Waals surface area contributed by atoms with Gasteiger partial charge in [-0.05, 0) is 0 Å². The van der Waals surface area contributed by atoms with Crippen LogP contribution in [-0.2, 0) is 4.74 Å². The predicted octanol–water partition coefficient (Wildman–Crippen LogP) is -1.95. The fourth-order valence-electron chi connectivity index (χ4n) is 2.27. The van der Waals surface area contributed by atoms with Crippen LogP contribution in [0.15, 0.2) is 11.3 Å². The fraction of sp³-hybridized carbons (Fsp3) is 0.583. The number of aliphatic hydroxyl groups excluding tert-OH is 3. The normalized spacial score (nSPS) is 28.0. The minimum Gasteiger partial charge on any atom is -0.394 e. The van der Waals surface area contributed by atoms with Crippen LogP contribution >= 0.6 is 0 Å². The fourth-order valence-corrected chi connectivity index (χ4v) is 2.27. The summed E-state index contributed by atoms with van der Waals surface area (Å²) in [5.41, 5.74) is 0.643. The van der Waals surface area contributed by atoms with Crippen LogP contribution in [0.3, 0.4) is 0 Å². The molecule has 3 rings (SSSR count). The maximum atomic E-state index is 10.1. The first-order valence-electron chi connectivity index (χ1n) is 6.92. The van der Waals surface area contributed by atoms with Gasteiger partial charge in [0.05, 0.1) is 12.9 Å². The third-order valence-corrected chi connectivity index (χ3v) is 3.41. The van der Waals surface area contributed by atoms with E-state index in [2.05, 4.69) is 25.3 Å². The van der Waals surface area contributed by atoms with Gasteiger partial charge in [-0.2, -0.15) is 4.68 Å². The van der Waals surface area contributed by atoms with Gasteiger partial charge in [-0.1, -0.05) is 5.21 Å². The van der Waals surface area contributed by atoms with E-state index in [0.29, 0.717) is 17.0 Å². The van der Waals surface area contributed by atoms with Crippen LogP contribution in [0.1, 0.15) is 6.23 Å². The minimum atomic E-state index is -1.26. The largest absolute Gasteiger partial charge is 0.394 e. The number of fused-ring (bicyclic) bond motifs is 1. The Bertz CT molecular complexity index is 718. The van der Waals surface area contributed by atoms with E-state index in [-0.39, 0.29) is 0 Å². The van der Waals surface area contributed by atoms with Crippen LogP contribution in [0.4, 0.5) is 5.82 Å². The van der Waals surface area contributed by atoms with Gasteiger partial charge < -0.3 is 25.0 Å². The SMILES string of the molecule is CN(C)/C=N/c1ncnc2c1nnn2[C@@H]1O[C@H](CO)[C@@H](O)[C@H]1O. The van der Waals surface area contributed by atoms with Crippen molar-refractivity contribution in [3.8, 4) is 0 Å². The van der Waals surface area contributed by atoms with E-state index in [0.717, 1.165) is 0 Å². The molecule has 1 aliphatic rings. The average Bonchev–Trinajstić information content (AvgIpc) is 3.08. The molecule has 11 nitrogen and oxygen atoms in total. The zero-order valence-corrected chi connectivity index (χ0v) is 12.6. The molecule has 0 aliphatic carbocycles. The summed E-state index contributed by atoms with van der Waals surface area (Å²) in [7, 11) is 3.63. The molecule has 1 saturated heterocycles. The van der Waals surface area contributed by atoms with Gasteiger partial charge in [0.15, 0.2) is 23.2 Å². The first-order valence-corrected chi connectivity index (χ1v) is 6.92. The molecule has 0 unspecified atom stereocenters. The Morgan fingerprint density at radius 1 is 1.35 bits per heavy atom. The molecular weight excluding hydrogens is 306 g/mol. The lowest BCUT2D eigenvalue weighted by Gasteiger charge is -2.14. The van der Waals surface area contributed by atoms with E-state index < -0.39 is 31.1 Å². The third kappa shape index (κ3) is 2.74. The highest BCUT2D eigenvalue weighted by molar-refractivity contribution is 5.82. The van der Waals surface area contributed by atoms with Crippen molar-refractivity contribution < 1.29 is 20.1 Å². The average molecular weight is 323 g/mol. The van der Waals surface area contributed by atoms with Gasteiger partial charge >= 0.3 is 0 Å². The second-order valence-corrected chi connectivity index (χ2v) is 5.34. The molecule has 124 valence electrons. The highest BCUT2D eigenvalue weighted by Crippen LogP contribution is 2.31. The van der Waals surface area contributed by atoms with Crippen molar-refractivity contribution in [3.05, 3.63) is 6.33 Å². The number of rotatable bonds is 4. The summed E-state index contributed by atoms with van der Waals surface area (Å²) in [5.74, 6) is 0.321. The van der Waals surface area contributed by atoms with Gasteiger partial charge in [-0.15, -0.1) is 5.10 Å². The van der Waals surface area contributed by atoms with Crippen LogP contribution in [0, 0.1) is 0 Å². The Morgan fingerprint density at radius 2 is 2.13 bits per heavy atom. The molecule has 0 spiro atoms. The van der Waals surface area contributed by atoms with Crippen molar-refractivity contribution in [2.75, 3.05) is 20.7 Å². The molecule has 11 heteroatoms. The topological polar surface area (TPSA) is 142 Å². The van der Waals surface area contributed by atoms with E-state index >= 15 is 0 Å². The number of aliphatic imine (C=N–C) groups is 1. The molecule has 0 radical (unpaired) electrons. The first-order chi connectivity index (χ1) is 11.0. The van der Waals surface area contributed by atoms with Crippen LogP contribution in [-0.4, -0.2) is 90.5 Å². The van der Waals surface area contributed by atoms with Gasteiger partial charge in [0, 0.05) is 14.1 Å². The zero-order chi connectivity index (χ0) is 16.6. The first kappa shape index (κ1) is 15.7. The smallest absolute Gasteiger partial charge is 0.187 e. The summed E-state index contributed by atoms with van der Waals surface area (Å²) in [6.07, 6.45) is -1.54. The molecule has 23 heavy (non-hydrogen) atoms. The lowest BCUT2D eigenvalue weighted by molar-refractivity contribution is -0.0574. The summed E-state index contributed by atoms with van der Waals surface area (Å²) in [5, 5.41) is 37.0. The van der Waals surface area contributed by atoms with Gasteiger partial charge in [0.25, 0.3) is 0 Å². The lowest BCUT2D eigenvalue weighted by atomic mass is 10.1. The van der Waals surface area contributed by atoms with Gasteiger partial charge in [0.1, 0.15) is 24.6 Å². The summed E-state index contributed by atoms with van der Waals surface area (Å²) in [6, 6.07) is 0. The van der Waals surface area contributed by atoms with E-state index in [4.69, 9.17) is 9.84 Å². The molecule has 0 saturated carbocycles. The van der Waals surface area contributed by atoms with Crippen LogP contribution < -0.4 is 0 Å². The summed E-state index contributed by atoms with van der Waals surface area (Å²) >= 11 is 0. The molecule has 0 amide bonds. The summed E-state index contributed by atoms with van der Waals surface area (Å²) < 4.78 is 6.67. The highest BCUT2D eigenvalue weighted by atomic mass is 16.6. The maximum Gasteiger partial charge on any atom is 0.187 e. The van der Waals surface area contributed by atoms with Gasteiger partial charge in [0.2, 0.25) is 0 Å². The Hall–Kier alpha value is -2.21. The van der Waals surface area contributed by atoms with Crippen molar-refractivity contribution in [1.29, 1.82) is 0 Å². The Kier molecular flexibility index (Phi) is 4.17. The van der Waals surface area contributed by atoms with E-state index in [1.165, 1.54) is 11.0 Å². The molecule has 0 aromatic carbocycles. The van der Waals surface area contributed by atoms with Crippen molar-refractivity contribution in [2.24, 2.45) is 4.99 Å². The zero-order valence-electron chi connectivity index (χ0n) is 12.6. The van der Waals surface area contributed by atoms with Crippen LogP contribution in [0.5, 0.6) is 0 Å². The molecule has 1 fully saturated rings. The number of hydrogen-bond acceptors (Lipinski definition) is 9. The maximum absolute atomic E-state index is 10.1. The third-order valence-electron chi connectivity index (χ3n) is 3.41.